The first-order chi connectivity index (χ1) is 9.37. The standard InChI is InChI=1S/C15H21F3N2/c1-12(2)20-9-8-19(11-15(16,17)18)10-14(20)13-6-4-3-5-7-13/h3-7,12,14H,8-11H2,1-2H3. The van der Waals surface area contributed by atoms with Gasteiger partial charge in [0, 0.05) is 31.7 Å². The van der Waals surface area contributed by atoms with E-state index in [2.05, 4.69) is 18.7 Å². The highest BCUT2D eigenvalue weighted by Crippen LogP contribution is 2.29. The fraction of sp³-hybridized carbons (Fsp3) is 0.600. The summed E-state index contributed by atoms with van der Waals surface area (Å²) in [5, 5.41) is 0. The number of halogens is 3. The highest BCUT2D eigenvalue weighted by Gasteiger charge is 2.36. The molecule has 1 aliphatic heterocycles. The van der Waals surface area contributed by atoms with Gasteiger partial charge in [-0.15, -0.1) is 0 Å². The van der Waals surface area contributed by atoms with Crippen LogP contribution in [0.25, 0.3) is 0 Å². The summed E-state index contributed by atoms with van der Waals surface area (Å²) in [7, 11) is 0. The SMILES string of the molecule is CC(C)N1CCN(CC(F)(F)F)CC1c1ccccc1. The fourth-order valence-electron chi connectivity index (χ4n) is 2.84. The second-order valence-corrected chi connectivity index (χ2v) is 5.61. The average molecular weight is 286 g/mol. The molecule has 0 spiro atoms. The molecule has 1 unspecified atom stereocenters. The molecule has 112 valence electrons. The summed E-state index contributed by atoms with van der Waals surface area (Å²) in [5.41, 5.74) is 1.09. The molecule has 1 saturated heterocycles. The lowest BCUT2D eigenvalue weighted by Crippen LogP contribution is -2.52. The van der Waals surface area contributed by atoms with E-state index in [0.717, 1.165) is 5.56 Å². The van der Waals surface area contributed by atoms with Crippen molar-refractivity contribution in [3.63, 3.8) is 0 Å². The van der Waals surface area contributed by atoms with Gasteiger partial charge in [0.05, 0.1) is 6.54 Å². The molecule has 0 radical (unpaired) electrons. The minimum absolute atomic E-state index is 0.0345. The summed E-state index contributed by atoms with van der Waals surface area (Å²) in [6.07, 6.45) is -4.12. The minimum atomic E-state index is -4.12. The molecular weight excluding hydrogens is 265 g/mol. The third kappa shape index (κ3) is 3.96. The van der Waals surface area contributed by atoms with Gasteiger partial charge in [-0.2, -0.15) is 13.2 Å². The number of hydrogen-bond donors (Lipinski definition) is 0. The smallest absolute Gasteiger partial charge is 0.292 e. The Morgan fingerprint density at radius 2 is 1.80 bits per heavy atom. The Morgan fingerprint density at radius 1 is 1.15 bits per heavy atom. The van der Waals surface area contributed by atoms with Crippen LogP contribution in [0.1, 0.15) is 25.5 Å². The first-order valence-electron chi connectivity index (χ1n) is 6.96. The third-order valence-corrected chi connectivity index (χ3v) is 3.76. The molecule has 1 heterocycles. The second kappa shape index (κ2) is 6.14. The zero-order chi connectivity index (χ0) is 14.8. The van der Waals surface area contributed by atoms with Crippen molar-refractivity contribution in [2.45, 2.75) is 32.1 Å². The van der Waals surface area contributed by atoms with Gasteiger partial charge in [0.15, 0.2) is 0 Å². The lowest BCUT2D eigenvalue weighted by molar-refractivity contribution is -0.152. The largest absolute Gasteiger partial charge is 0.401 e. The number of rotatable bonds is 3. The molecule has 0 aliphatic carbocycles. The van der Waals surface area contributed by atoms with Gasteiger partial charge in [0.2, 0.25) is 0 Å². The number of benzene rings is 1. The van der Waals surface area contributed by atoms with Gasteiger partial charge in [0.1, 0.15) is 0 Å². The second-order valence-electron chi connectivity index (χ2n) is 5.61. The van der Waals surface area contributed by atoms with E-state index in [4.69, 9.17) is 0 Å². The molecule has 2 rings (SSSR count). The Labute approximate surface area is 118 Å². The first-order valence-corrected chi connectivity index (χ1v) is 6.96. The topological polar surface area (TPSA) is 6.48 Å². The lowest BCUT2D eigenvalue weighted by Gasteiger charge is -2.44. The number of piperazine rings is 1. The van der Waals surface area contributed by atoms with Crippen molar-refractivity contribution in [2.24, 2.45) is 0 Å². The number of nitrogens with zero attached hydrogens (tertiary/aromatic N) is 2. The van der Waals surface area contributed by atoms with Crippen LogP contribution in [0.2, 0.25) is 0 Å². The van der Waals surface area contributed by atoms with E-state index in [1.54, 1.807) is 0 Å². The van der Waals surface area contributed by atoms with Crippen LogP contribution in [-0.2, 0) is 0 Å². The summed E-state index contributed by atoms with van der Waals surface area (Å²) in [4.78, 5) is 3.79. The number of alkyl halides is 3. The van der Waals surface area contributed by atoms with Gasteiger partial charge in [-0.05, 0) is 19.4 Å². The molecule has 0 bridgehead atoms. The Kier molecular flexibility index (Phi) is 4.70. The predicted molar refractivity (Wildman–Crippen MR) is 73.5 cm³/mol. The fourth-order valence-corrected chi connectivity index (χ4v) is 2.84. The van der Waals surface area contributed by atoms with Crippen molar-refractivity contribution in [1.29, 1.82) is 0 Å². The van der Waals surface area contributed by atoms with Crippen molar-refractivity contribution in [1.82, 2.24) is 9.80 Å². The molecule has 0 amide bonds. The first kappa shape index (κ1) is 15.3. The quantitative estimate of drug-likeness (QED) is 0.841. The molecular formula is C15H21F3N2. The van der Waals surface area contributed by atoms with Crippen LogP contribution in [0.5, 0.6) is 0 Å². The van der Waals surface area contributed by atoms with Gasteiger partial charge in [-0.25, -0.2) is 0 Å². The molecule has 1 aromatic carbocycles. The molecule has 1 aliphatic rings. The molecule has 1 fully saturated rings. The van der Waals surface area contributed by atoms with Gasteiger partial charge in [-0.3, -0.25) is 9.80 Å². The maximum atomic E-state index is 12.6. The molecule has 0 N–H and O–H groups in total. The molecule has 1 aromatic rings. The Morgan fingerprint density at radius 3 is 2.35 bits per heavy atom. The van der Waals surface area contributed by atoms with Crippen LogP contribution >= 0.6 is 0 Å². The Bertz CT molecular complexity index is 417. The van der Waals surface area contributed by atoms with Crippen molar-refractivity contribution in [3.05, 3.63) is 35.9 Å². The summed E-state index contributed by atoms with van der Waals surface area (Å²) < 4.78 is 37.7. The van der Waals surface area contributed by atoms with Gasteiger partial charge in [-0.1, -0.05) is 30.3 Å². The molecule has 5 heteroatoms. The van der Waals surface area contributed by atoms with Crippen LogP contribution in [-0.4, -0.2) is 48.2 Å². The highest BCUT2D eigenvalue weighted by molar-refractivity contribution is 5.20. The normalized spacial score (nSPS) is 22.4. The highest BCUT2D eigenvalue weighted by atomic mass is 19.4. The van der Waals surface area contributed by atoms with Crippen molar-refractivity contribution < 1.29 is 13.2 Å². The van der Waals surface area contributed by atoms with Gasteiger partial charge in [0.25, 0.3) is 0 Å². The number of hydrogen-bond acceptors (Lipinski definition) is 2. The summed E-state index contributed by atoms with van der Waals surface area (Å²) in [6, 6.07) is 10.2. The summed E-state index contributed by atoms with van der Waals surface area (Å²) in [5.74, 6) is 0. The molecule has 20 heavy (non-hydrogen) atoms. The third-order valence-electron chi connectivity index (χ3n) is 3.76. The van der Waals surface area contributed by atoms with E-state index in [-0.39, 0.29) is 6.04 Å². The average Bonchev–Trinajstić information content (AvgIpc) is 2.37. The zero-order valence-electron chi connectivity index (χ0n) is 11.9. The van der Waals surface area contributed by atoms with Crippen LogP contribution in [0.15, 0.2) is 30.3 Å². The maximum absolute atomic E-state index is 12.6. The van der Waals surface area contributed by atoms with Crippen molar-refractivity contribution in [3.8, 4) is 0 Å². The van der Waals surface area contributed by atoms with Crippen LogP contribution < -0.4 is 0 Å². The molecule has 1 atom stereocenters. The minimum Gasteiger partial charge on any atom is -0.292 e. The molecule has 2 nitrogen and oxygen atoms in total. The lowest BCUT2D eigenvalue weighted by atomic mass is 10.0. The van der Waals surface area contributed by atoms with E-state index < -0.39 is 12.7 Å². The van der Waals surface area contributed by atoms with Crippen molar-refractivity contribution in [2.75, 3.05) is 26.2 Å². The van der Waals surface area contributed by atoms with Crippen LogP contribution in [0.3, 0.4) is 0 Å². The summed E-state index contributed by atoms with van der Waals surface area (Å²) in [6.45, 7) is 4.95. The maximum Gasteiger partial charge on any atom is 0.401 e. The van der Waals surface area contributed by atoms with Crippen LogP contribution in [0.4, 0.5) is 13.2 Å². The van der Waals surface area contributed by atoms with Crippen molar-refractivity contribution >= 4 is 0 Å². The van der Waals surface area contributed by atoms with E-state index in [9.17, 15) is 13.2 Å². The van der Waals surface area contributed by atoms with E-state index in [0.29, 0.717) is 25.7 Å². The summed E-state index contributed by atoms with van der Waals surface area (Å²) >= 11 is 0. The van der Waals surface area contributed by atoms with E-state index in [1.807, 2.05) is 30.3 Å². The molecule has 0 aromatic heterocycles. The predicted octanol–water partition coefficient (Wildman–Crippen LogP) is 3.32. The molecule has 0 saturated carbocycles. The van der Waals surface area contributed by atoms with E-state index in [1.165, 1.54) is 4.90 Å². The Balaban J connectivity index is 2.14. The Hall–Kier alpha value is -1.07. The van der Waals surface area contributed by atoms with Gasteiger partial charge < -0.3 is 0 Å². The van der Waals surface area contributed by atoms with E-state index >= 15 is 0 Å². The zero-order valence-corrected chi connectivity index (χ0v) is 11.9. The van der Waals surface area contributed by atoms with Gasteiger partial charge >= 0.3 is 6.18 Å². The monoisotopic (exact) mass is 286 g/mol. The van der Waals surface area contributed by atoms with Crippen LogP contribution in [0, 0.1) is 0 Å².